The second kappa shape index (κ2) is 4.91. The van der Waals surface area contributed by atoms with E-state index in [1.807, 2.05) is 0 Å². The fourth-order valence-electron chi connectivity index (χ4n) is 1.79. The molecule has 1 saturated heterocycles. The predicted octanol–water partition coefficient (Wildman–Crippen LogP) is -0.769. The van der Waals surface area contributed by atoms with Crippen LogP contribution in [-0.2, 0) is 0 Å². The van der Waals surface area contributed by atoms with Gasteiger partial charge in [-0.05, 0) is 6.42 Å². The van der Waals surface area contributed by atoms with E-state index >= 15 is 0 Å². The maximum Gasteiger partial charge on any atom is 0.0989 e. The number of aliphatic hydroxyl groups excluding tert-OH is 3. The van der Waals surface area contributed by atoms with Gasteiger partial charge in [0.05, 0.1) is 24.9 Å². The zero-order valence-corrected chi connectivity index (χ0v) is 7.98. The van der Waals surface area contributed by atoms with Gasteiger partial charge in [0.1, 0.15) is 0 Å². The average molecular weight is 189 g/mol. The van der Waals surface area contributed by atoms with Gasteiger partial charge >= 0.3 is 0 Å². The third-order valence-electron chi connectivity index (χ3n) is 2.67. The monoisotopic (exact) mass is 189 g/mol. The van der Waals surface area contributed by atoms with Gasteiger partial charge in [-0.25, -0.2) is 0 Å². The molecule has 0 amide bonds. The van der Waals surface area contributed by atoms with E-state index in [2.05, 4.69) is 12.2 Å². The second-order valence-corrected chi connectivity index (χ2v) is 3.69. The Labute approximate surface area is 78.6 Å². The first-order valence-corrected chi connectivity index (χ1v) is 4.93. The molecule has 1 fully saturated rings. The molecule has 78 valence electrons. The van der Waals surface area contributed by atoms with Crippen LogP contribution in [0.3, 0.4) is 0 Å². The largest absolute Gasteiger partial charge is 0.395 e. The molecule has 0 unspecified atom stereocenters. The molecule has 1 aliphatic rings. The summed E-state index contributed by atoms with van der Waals surface area (Å²) >= 11 is 0. The molecule has 13 heavy (non-hydrogen) atoms. The third-order valence-corrected chi connectivity index (χ3v) is 2.67. The van der Waals surface area contributed by atoms with Crippen LogP contribution in [0.2, 0.25) is 0 Å². The SMILES string of the molecule is CCCC[C@H]1N[C@@H](CO)[C@H](O)[C@H]1O. The van der Waals surface area contributed by atoms with E-state index < -0.39 is 12.2 Å². The van der Waals surface area contributed by atoms with Crippen molar-refractivity contribution in [3.05, 3.63) is 0 Å². The number of nitrogens with one attached hydrogen (secondary N) is 1. The fraction of sp³-hybridized carbons (Fsp3) is 1.00. The number of aliphatic hydroxyl groups is 3. The molecule has 0 aliphatic carbocycles. The fourth-order valence-corrected chi connectivity index (χ4v) is 1.79. The van der Waals surface area contributed by atoms with E-state index in [4.69, 9.17) is 5.11 Å². The topological polar surface area (TPSA) is 72.7 Å². The Balaban J connectivity index is 2.40. The van der Waals surface area contributed by atoms with Crippen LogP contribution < -0.4 is 5.32 Å². The second-order valence-electron chi connectivity index (χ2n) is 3.69. The highest BCUT2D eigenvalue weighted by atomic mass is 16.3. The molecule has 1 heterocycles. The molecular weight excluding hydrogens is 170 g/mol. The smallest absolute Gasteiger partial charge is 0.0989 e. The normalized spacial score (nSPS) is 39.7. The summed E-state index contributed by atoms with van der Waals surface area (Å²) in [5, 5.41) is 30.9. The van der Waals surface area contributed by atoms with Crippen molar-refractivity contribution >= 4 is 0 Å². The van der Waals surface area contributed by atoms with E-state index in [0.717, 1.165) is 19.3 Å². The maximum absolute atomic E-state index is 9.56. The van der Waals surface area contributed by atoms with E-state index in [1.54, 1.807) is 0 Å². The summed E-state index contributed by atoms with van der Waals surface area (Å²) in [5.41, 5.74) is 0. The Morgan fingerprint density at radius 1 is 1.15 bits per heavy atom. The van der Waals surface area contributed by atoms with Crippen LogP contribution in [0, 0.1) is 0 Å². The molecule has 0 aromatic carbocycles. The minimum absolute atomic E-state index is 0.0629. The summed E-state index contributed by atoms with van der Waals surface area (Å²) in [6.45, 7) is 1.96. The first-order valence-electron chi connectivity index (χ1n) is 4.93. The lowest BCUT2D eigenvalue weighted by Crippen LogP contribution is -2.36. The van der Waals surface area contributed by atoms with Crippen LogP contribution in [0.1, 0.15) is 26.2 Å². The van der Waals surface area contributed by atoms with Gasteiger partial charge in [0.15, 0.2) is 0 Å². The minimum Gasteiger partial charge on any atom is -0.395 e. The van der Waals surface area contributed by atoms with Crippen molar-refractivity contribution in [1.82, 2.24) is 5.32 Å². The summed E-state index contributed by atoms with van der Waals surface area (Å²) in [5.74, 6) is 0. The zero-order chi connectivity index (χ0) is 9.84. The molecule has 4 N–H and O–H groups in total. The molecule has 4 heteroatoms. The van der Waals surface area contributed by atoms with Crippen LogP contribution in [0.5, 0.6) is 0 Å². The van der Waals surface area contributed by atoms with Crippen molar-refractivity contribution < 1.29 is 15.3 Å². The summed E-state index contributed by atoms with van der Waals surface area (Å²) in [6.07, 6.45) is 1.39. The minimum atomic E-state index is -0.827. The Morgan fingerprint density at radius 2 is 1.77 bits per heavy atom. The molecule has 0 aromatic heterocycles. The van der Waals surface area contributed by atoms with Gasteiger partial charge in [-0.2, -0.15) is 0 Å². The van der Waals surface area contributed by atoms with Crippen LogP contribution in [0.15, 0.2) is 0 Å². The first kappa shape index (κ1) is 10.9. The van der Waals surface area contributed by atoms with Crippen molar-refractivity contribution in [1.29, 1.82) is 0 Å². The van der Waals surface area contributed by atoms with Gasteiger partial charge in [0.2, 0.25) is 0 Å². The van der Waals surface area contributed by atoms with E-state index in [0.29, 0.717) is 0 Å². The highest BCUT2D eigenvalue weighted by Crippen LogP contribution is 2.18. The van der Waals surface area contributed by atoms with Crippen molar-refractivity contribution in [2.75, 3.05) is 6.61 Å². The zero-order valence-electron chi connectivity index (χ0n) is 7.98. The van der Waals surface area contributed by atoms with Gasteiger partial charge in [-0.15, -0.1) is 0 Å². The summed E-state index contributed by atoms with van der Waals surface area (Å²) in [6, 6.07) is -0.427. The lowest BCUT2D eigenvalue weighted by atomic mass is 10.0. The van der Waals surface area contributed by atoms with Crippen LogP contribution in [-0.4, -0.2) is 46.2 Å². The molecule has 1 aliphatic heterocycles. The number of rotatable bonds is 4. The maximum atomic E-state index is 9.56. The van der Waals surface area contributed by atoms with Crippen LogP contribution in [0.25, 0.3) is 0 Å². The summed E-state index contributed by atoms with van der Waals surface area (Å²) in [7, 11) is 0. The Bertz CT molecular complexity index is 154. The number of unbranched alkanes of at least 4 members (excludes halogenated alkanes) is 1. The van der Waals surface area contributed by atoms with Crippen molar-refractivity contribution in [3.8, 4) is 0 Å². The number of hydrogen-bond donors (Lipinski definition) is 4. The Morgan fingerprint density at radius 3 is 2.23 bits per heavy atom. The number of hydrogen-bond acceptors (Lipinski definition) is 4. The Hall–Kier alpha value is -0.160. The molecule has 0 aromatic rings. The highest BCUT2D eigenvalue weighted by molar-refractivity contribution is 4.97. The van der Waals surface area contributed by atoms with E-state index in [1.165, 1.54) is 0 Å². The van der Waals surface area contributed by atoms with Gasteiger partial charge in [0, 0.05) is 6.04 Å². The van der Waals surface area contributed by atoms with Crippen molar-refractivity contribution in [2.24, 2.45) is 0 Å². The molecular formula is C9H19NO3. The van der Waals surface area contributed by atoms with Crippen LogP contribution >= 0.6 is 0 Å². The molecule has 0 bridgehead atoms. The first-order chi connectivity index (χ1) is 6.20. The lowest BCUT2D eigenvalue weighted by molar-refractivity contribution is 0.0186. The van der Waals surface area contributed by atoms with E-state index in [9.17, 15) is 10.2 Å². The standard InChI is InChI=1S/C9H19NO3/c1-2-3-4-6-8(12)9(13)7(5-11)10-6/h6-13H,2-5H2,1H3/t6-,7+,8+,9+/m1/s1. The van der Waals surface area contributed by atoms with Crippen molar-refractivity contribution in [3.63, 3.8) is 0 Å². The third kappa shape index (κ3) is 2.40. The summed E-state index contributed by atoms with van der Waals surface area (Å²) in [4.78, 5) is 0. The molecule has 0 saturated carbocycles. The highest BCUT2D eigenvalue weighted by Gasteiger charge is 2.39. The van der Waals surface area contributed by atoms with Gasteiger partial charge in [-0.1, -0.05) is 19.8 Å². The molecule has 4 atom stereocenters. The van der Waals surface area contributed by atoms with Gasteiger partial charge < -0.3 is 20.6 Å². The van der Waals surface area contributed by atoms with Crippen molar-refractivity contribution in [2.45, 2.75) is 50.5 Å². The van der Waals surface area contributed by atoms with Crippen LogP contribution in [0.4, 0.5) is 0 Å². The molecule has 0 spiro atoms. The summed E-state index contributed by atoms with van der Waals surface area (Å²) < 4.78 is 0. The average Bonchev–Trinajstić information content (AvgIpc) is 2.41. The quantitative estimate of drug-likeness (QED) is 0.468. The van der Waals surface area contributed by atoms with Gasteiger partial charge in [-0.3, -0.25) is 0 Å². The predicted molar refractivity (Wildman–Crippen MR) is 49.3 cm³/mol. The van der Waals surface area contributed by atoms with E-state index in [-0.39, 0.29) is 18.7 Å². The van der Waals surface area contributed by atoms with Gasteiger partial charge in [0.25, 0.3) is 0 Å². The molecule has 4 nitrogen and oxygen atoms in total. The Kier molecular flexibility index (Phi) is 4.12. The molecule has 0 radical (unpaired) electrons. The lowest BCUT2D eigenvalue weighted by Gasteiger charge is -2.14. The molecule has 1 rings (SSSR count).